The third kappa shape index (κ3) is 44.6. The topological polar surface area (TPSA) is 307 Å². The summed E-state index contributed by atoms with van der Waals surface area (Å²) in [6.45, 7) is 1.70. The maximum absolute atomic E-state index is 13.5. The highest BCUT2D eigenvalue weighted by Gasteiger charge is 2.54. The molecule has 3 fully saturated rings. The summed E-state index contributed by atoms with van der Waals surface area (Å²) in [5.41, 5.74) is 0. The Morgan fingerprint density at radius 3 is 1.03 bits per heavy atom. The number of carbonyl (C=O) groups is 1. The Morgan fingerprint density at radius 1 is 0.352 bits per heavy atom. The Kier molecular flexibility index (Phi) is 59.0. The van der Waals surface area contributed by atoms with Gasteiger partial charge in [-0.1, -0.05) is 309 Å². The van der Waals surface area contributed by atoms with Gasteiger partial charge in [0.25, 0.3) is 0 Å². The lowest BCUT2D eigenvalue weighted by Crippen LogP contribution is -2.66. The molecule has 3 rings (SSSR count). The first-order chi connectivity index (χ1) is 51.3. The van der Waals surface area contributed by atoms with Crippen LogP contribution in [0.4, 0.5) is 0 Å². The molecule has 0 spiro atoms. The van der Waals surface area contributed by atoms with E-state index in [4.69, 9.17) is 28.4 Å². The van der Waals surface area contributed by atoms with E-state index in [-0.39, 0.29) is 18.9 Å². The molecule has 3 aliphatic rings. The Morgan fingerprint density at radius 2 is 0.657 bits per heavy atom. The van der Waals surface area contributed by atoms with Gasteiger partial charge in [0.05, 0.1) is 38.6 Å². The summed E-state index contributed by atoms with van der Waals surface area (Å²) in [5.74, 6) is -0.253. The van der Waals surface area contributed by atoms with E-state index in [9.17, 15) is 61.0 Å². The molecule has 0 aromatic rings. The first-order valence-corrected chi connectivity index (χ1v) is 41.3. The second-order valence-corrected chi connectivity index (χ2v) is 28.9. The molecule has 0 aliphatic carbocycles. The van der Waals surface area contributed by atoms with Gasteiger partial charge in [0.1, 0.15) is 73.2 Å². The Balaban J connectivity index is 1.35. The van der Waals surface area contributed by atoms with Gasteiger partial charge in [0.15, 0.2) is 18.9 Å². The number of aliphatic hydroxyl groups excluding tert-OH is 11. The summed E-state index contributed by atoms with van der Waals surface area (Å²) < 4.78 is 34.5. The lowest BCUT2D eigenvalue weighted by Gasteiger charge is -2.48. The van der Waals surface area contributed by atoms with Gasteiger partial charge < -0.3 is 89.9 Å². The first-order valence-electron chi connectivity index (χ1n) is 41.3. The second-order valence-electron chi connectivity index (χ2n) is 28.9. The molecule has 19 heteroatoms. The highest BCUT2D eigenvalue weighted by atomic mass is 16.8. The number of allylic oxidation sites excluding steroid dienone is 20. The number of unbranched alkanes of at least 4 members (excludes halogenated alkanes) is 28. The smallest absolute Gasteiger partial charge is 0.220 e. The van der Waals surface area contributed by atoms with Crippen LogP contribution >= 0.6 is 0 Å². The molecule has 17 unspecified atom stereocenters. The predicted octanol–water partition coefficient (Wildman–Crippen LogP) is 14.3. The average Bonchev–Trinajstić information content (AvgIpc) is 0.780. The summed E-state index contributed by atoms with van der Waals surface area (Å²) in [7, 11) is 0. The zero-order chi connectivity index (χ0) is 76.0. The minimum absolute atomic E-state index is 0.250. The van der Waals surface area contributed by atoms with Crippen LogP contribution in [0.2, 0.25) is 0 Å². The lowest BCUT2D eigenvalue weighted by molar-refractivity contribution is -0.379. The van der Waals surface area contributed by atoms with Crippen molar-refractivity contribution in [1.82, 2.24) is 5.32 Å². The number of hydrogen-bond acceptors (Lipinski definition) is 18. The molecule has 12 N–H and O–H groups in total. The fourth-order valence-corrected chi connectivity index (χ4v) is 13.2. The third-order valence-corrected chi connectivity index (χ3v) is 19.8. The van der Waals surface area contributed by atoms with Gasteiger partial charge in [-0.15, -0.1) is 0 Å². The predicted molar refractivity (Wildman–Crippen MR) is 420 cm³/mol. The van der Waals surface area contributed by atoms with Crippen LogP contribution in [0, 0.1) is 0 Å². The summed E-state index contributed by atoms with van der Waals surface area (Å²) >= 11 is 0. The largest absolute Gasteiger partial charge is 0.394 e. The molecular formula is C86H147NO18. The van der Waals surface area contributed by atoms with Gasteiger partial charge in [-0.25, -0.2) is 0 Å². The van der Waals surface area contributed by atoms with Gasteiger partial charge in [-0.05, 0) is 89.9 Å². The van der Waals surface area contributed by atoms with E-state index in [0.717, 1.165) is 128 Å². The summed E-state index contributed by atoms with van der Waals surface area (Å²) in [5, 5.41) is 121. The molecule has 3 aliphatic heterocycles. The van der Waals surface area contributed by atoms with Gasteiger partial charge in [0, 0.05) is 6.42 Å². The van der Waals surface area contributed by atoms with Gasteiger partial charge >= 0.3 is 0 Å². The number of rotatable bonds is 64. The monoisotopic (exact) mass is 1480 g/mol. The zero-order valence-corrected chi connectivity index (χ0v) is 64.7. The average molecular weight is 1480 g/mol. The molecule has 1 amide bonds. The van der Waals surface area contributed by atoms with Crippen LogP contribution in [-0.4, -0.2) is 193 Å². The summed E-state index contributed by atoms with van der Waals surface area (Å²) in [4.78, 5) is 13.5. The molecule has 0 radical (unpaired) electrons. The van der Waals surface area contributed by atoms with E-state index >= 15 is 0 Å². The van der Waals surface area contributed by atoms with Crippen molar-refractivity contribution in [1.29, 1.82) is 0 Å². The van der Waals surface area contributed by atoms with E-state index in [0.29, 0.717) is 12.8 Å². The minimum atomic E-state index is -1.98. The number of hydrogen-bond donors (Lipinski definition) is 12. The Labute approximate surface area is 633 Å². The minimum Gasteiger partial charge on any atom is -0.394 e. The Bertz CT molecular complexity index is 2370. The normalized spacial score (nSPS) is 26.4. The molecular weight excluding hydrogens is 1330 g/mol. The molecule has 3 saturated heterocycles. The molecule has 17 atom stereocenters. The number of amides is 1. The molecule has 0 aromatic heterocycles. The van der Waals surface area contributed by atoms with Crippen LogP contribution in [0.5, 0.6) is 0 Å². The van der Waals surface area contributed by atoms with Crippen molar-refractivity contribution >= 4 is 5.91 Å². The van der Waals surface area contributed by atoms with Crippen molar-refractivity contribution in [3.05, 3.63) is 122 Å². The van der Waals surface area contributed by atoms with Crippen LogP contribution in [0.3, 0.4) is 0 Å². The van der Waals surface area contributed by atoms with Crippen molar-refractivity contribution in [3.8, 4) is 0 Å². The van der Waals surface area contributed by atoms with Crippen molar-refractivity contribution in [2.75, 3.05) is 26.4 Å². The van der Waals surface area contributed by atoms with Crippen molar-refractivity contribution in [3.63, 3.8) is 0 Å². The van der Waals surface area contributed by atoms with E-state index in [1.165, 1.54) is 122 Å². The maximum Gasteiger partial charge on any atom is 0.220 e. The van der Waals surface area contributed by atoms with Gasteiger partial charge in [0.2, 0.25) is 5.91 Å². The fraction of sp³-hybridized carbons (Fsp3) is 0.756. The zero-order valence-electron chi connectivity index (χ0n) is 64.7. The van der Waals surface area contributed by atoms with Gasteiger partial charge in [-0.2, -0.15) is 0 Å². The standard InChI is InChI=1S/C86H147NO18/c1-3-5-7-9-11-13-15-17-19-21-23-25-26-27-28-29-30-31-32-33-34-35-36-37-38-39-40-41-42-44-46-48-50-52-54-56-58-60-62-64-74(92)87-69(70(91)63-61-59-57-55-53-51-49-47-45-43-24-22-20-18-16-14-12-10-8-6-4-2)68-100-84-80(98)77(95)82(72(66-89)102-84)105-86-81(99)78(96)83(73(67-90)103-86)104-85-79(97)76(94)75(93)71(65-88)101-85/h5,7,11,13,17,19,23,25,27-28,30-31,33-34,36-37,39-40,42,44,69-73,75-86,88-91,93-99H,3-4,6,8-10,12,14-16,18,20-22,24,26,29,32,35,38,41,43,45-68H2,1-2H3,(H,87,92)/b7-5-,13-11-,19-17-,25-23-,28-27-,31-30-,34-33-,37-36-,40-39-,44-42-. The number of carbonyl (C=O) groups excluding carboxylic acids is 1. The third-order valence-electron chi connectivity index (χ3n) is 19.8. The molecule has 105 heavy (non-hydrogen) atoms. The number of nitrogens with one attached hydrogen (secondary N) is 1. The number of ether oxygens (including phenoxy) is 6. The van der Waals surface area contributed by atoms with Gasteiger partial charge in [-0.3, -0.25) is 4.79 Å². The van der Waals surface area contributed by atoms with E-state index < -0.39 is 124 Å². The molecule has 3 heterocycles. The molecule has 0 aromatic carbocycles. The van der Waals surface area contributed by atoms with Crippen LogP contribution in [0.15, 0.2) is 122 Å². The lowest BCUT2D eigenvalue weighted by atomic mass is 9.96. The van der Waals surface area contributed by atoms with Crippen LogP contribution < -0.4 is 5.32 Å². The van der Waals surface area contributed by atoms with E-state index in [1.807, 2.05) is 0 Å². The fourth-order valence-electron chi connectivity index (χ4n) is 13.2. The molecule has 19 nitrogen and oxygen atoms in total. The highest BCUT2D eigenvalue weighted by Crippen LogP contribution is 2.33. The van der Waals surface area contributed by atoms with Crippen LogP contribution in [0.1, 0.15) is 284 Å². The number of aliphatic hydroxyl groups is 11. The van der Waals surface area contributed by atoms with Crippen molar-refractivity contribution < 1.29 is 89.4 Å². The quantitative estimate of drug-likeness (QED) is 0.0199. The van der Waals surface area contributed by atoms with Crippen molar-refractivity contribution in [2.24, 2.45) is 0 Å². The molecule has 0 bridgehead atoms. The first kappa shape index (κ1) is 95.4. The molecule has 0 saturated carbocycles. The highest BCUT2D eigenvalue weighted by molar-refractivity contribution is 5.76. The SMILES string of the molecule is CC/C=C\C/C=C\C/C=C\C/C=C\C/C=C\C/C=C\C/C=C\C/C=C\C/C=C\C/C=C\CCCCCCCCCCC(=O)NC(COC1OC(CO)C(OC2OC(CO)C(OC3OC(CO)C(O)C(O)C3O)C(O)C2O)C(O)C1O)C(O)CCCCCCCCCCCCCCCCCCCCCCC. The molecule has 604 valence electrons. The van der Waals surface area contributed by atoms with Crippen LogP contribution in [-0.2, 0) is 33.2 Å². The van der Waals surface area contributed by atoms with E-state index in [2.05, 4.69) is 141 Å². The maximum atomic E-state index is 13.5. The summed E-state index contributed by atoms with van der Waals surface area (Å²) in [6.07, 6.45) is 64.2. The second kappa shape index (κ2) is 65.0. The Hall–Kier alpha value is -3.81. The van der Waals surface area contributed by atoms with Crippen LogP contribution in [0.25, 0.3) is 0 Å². The van der Waals surface area contributed by atoms with E-state index in [1.54, 1.807) is 0 Å². The van der Waals surface area contributed by atoms with Crippen molar-refractivity contribution in [2.45, 2.75) is 388 Å². The summed E-state index contributed by atoms with van der Waals surface area (Å²) in [6, 6.07) is -0.902.